The lowest BCUT2D eigenvalue weighted by molar-refractivity contribution is -0.126. The minimum atomic E-state index is -0.546. The Morgan fingerprint density at radius 2 is 2.29 bits per heavy atom. The lowest BCUT2D eigenvalue weighted by atomic mass is 10.1. The van der Waals surface area contributed by atoms with Gasteiger partial charge in [-0.3, -0.25) is 9.59 Å². The van der Waals surface area contributed by atoms with Gasteiger partial charge in [-0.15, -0.1) is 0 Å². The second-order valence-corrected chi connectivity index (χ2v) is 5.60. The van der Waals surface area contributed by atoms with Crippen LogP contribution >= 0.6 is 15.9 Å². The summed E-state index contributed by atoms with van der Waals surface area (Å²) in [6.07, 6.45) is 0. The normalized spacial score (nSPS) is 18.4. The number of likely N-dealkylation sites (N-methyl/N-ethyl adjacent to an activating group) is 1. The predicted octanol–water partition coefficient (Wildman–Crippen LogP) is 1.14. The van der Waals surface area contributed by atoms with Crippen LogP contribution in [0.25, 0.3) is 0 Å². The quantitative estimate of drug-likeness (QED) is 0.852. The molecule has 0 bridgehead atoms. The molecule has 1 aromatic rings. The van der Waals surface area contributed by atoms with Crippen LogP contribution in [0, 0.1) is 5.82 Å². The first-order valence-electron chi connectivity index (χ1n) is 6.79. The van der Waals surface area contributed by atoms with Gasteiger partial charge in [0.05, 0.1) is 4.47 Å². The van der Waals surface area contributed by atoms with Crippen LogP contribution in [-0.4, -0.2) is 48.9 Å². The highest BCUT2D eigenvalue weighted by Crippen LogP contribution is 2.19. The van der Waals surface area contributed by atoms with E-state index in [0.717, 1.165) is 0 Å². The number of benzene rings is 1. The first kappa shape index (κ1) is 15.9. The van der Waals surface area contributed by atoms with E-state index in [1.807, 2.05) is 6.92 Å². The third-order valence-corrected chi connectivity index (χ3v) is 3.93. The molecule has 2 rings (SSSR count). The molecule has 1 aromatic carbocycles. The van der Waals surface area contributed by atoms with Gasteiger partial charge >= 0.3 is 0 Å². The largest absolute Gasteiger partial charge is 0.355 e. The summed E-state index contributed by atoms with van der Waals surface area (Å²) in [4.78, 5) is 26.1. The van der Waals surface area contributed by atoms with Crippen molar-refractivity contribution >= 4 is 27.7 Å². The molecule has 0 aliphatic carbocycles. The maximum atomic E-state index is 13.3. The van der Waals surface area contributed by atoms with Crippen molar-refractivity contribution in [2.24, 2.45) is 0 Å². The van der Waals surface area contributed by atoms with E-state index in [0.29, 0.717) is 31.7 Å². The molecular weight excluding hydrogens is 341 g/mol. The summed E-state index contributed by atoms with van der Waals surface area (Å²) in [5, 5.41) is 5.84. The summed E-state index contributed by atoms with van der Waals surface area (Å²) in [5.74, 6) is -0.875. The molecule has 1 unspecified atom stereocenters. The summed E-state index contributed by atoms with van der Waals surface area (Å²) < 4.78 is 13.5. The molecule has 1 heterocycles. The molecule has 0 aromatic heterocycles. The zero-order chi connectivity index (χ0) is 15.4. The fourth-order valence-corrected chi connectivity index (χ4v) is 2.65. The Kier molecular flexibility index (Phi) is 5.30. The molecule has 2 N–H and O–H groups in total. The van der Waals surface area contributed by atoms with E-state index < -0.39 is 11.9 Å². The van der Waals surface area contributed by atoms with E-state index in [9.17, 15) is 14.0 Å². The average molecular weight is 358 g/mol. The Balaban J connectivity index is 2.21. The molecule has 1 atom stereocenters. The van der Waals surface area contributed by atoms with Crippen molar-refractivity contribution in [3.63, 3.8) is 0 Å². The molecule has 114 valence electrons. The summed E-state index contributed by atoms with van der Waals surface area (Å²) >= 11 is 3.07. The number of hydrogen-bond donors (Lipinski definition) is 2. The summed E-state index contributed by atoms with van der Waals surface area (Å²) in [6.45, 7) is 3.83. The lowest BCUT2D eigenvalue weighted by Gasteiger charge is -2.35. The zero-order valence-electron chi connectivity index (χ0n) is 11.7. The summed E-state index contributed by atoms with van der Waals surface area (Å²) in [5.41, 5.74) is 0.361. The van der Waals surface area contributed by atoms with Gasteiger partial charge in [0.2, 0.25) is 5.91 Å². The molecule has 1 fully saturated rings. The zero-order valence-corrected chi connectivity index (χ0v) is 13.2. The third-order valence-electron chi connectivity index (χ3n) is 3.32. The predicted molar refractivity (Wildman–Crippen MR) is 80.5 cm³/mol. The Labute approximate surface area is 131 Å². The van der Waals surface area contributed by atoms with Crippen LogP contribution in [0.5, 0.6) is 0 Å². The number of rotatable bonds is 3. The number of nitrogens with zero attached hydrogens (tertiary/aromatic N) is 1. The Hall–Kier alpha value is -1.47. The highest BCUT2D eigenvalue weighted by molar-refractivity contribution is 9.10. The van der Waals surface area contributed by atoms with Gasteiger partial charge in [0.25, 0.3) is 5.91 Å². The van der Waals surface area contributed by atoms with Crippen LogP contribution in [0.2, 0.25) is 0 Å². The van der Waals surface area contributed by atoms with Crippen LogP contribution in [-0.2, 0) is 4.79 Å². The maximum Gasteiger partial charge on any atom is 0.254 e. The van der Waals surface area contributed by atoms with E-state index in [1.165, 1.54) is 23.1 Å². The SMILES string of the molecule is CCNC(=O)C1CNCCN1C(=O)c1ccc(F)c(Br)c1. The lowest BCUT2D eigenvalue weighted by Crippen LogP contribution is -2.59. The molecule has 1 saturated heterocycles. The molecule has 0 radical (unpaired) electrons. The Morgan fingerprint density at radius 1 is 1.52 bits per heavy atom. The van der Waals surface area contributed by atoms with Crippen molar-refractivity contribution < 1.29 is 14.0 Å². The molecule has 0 spiro atoms. The van der Waals surface area contributed by atoms with Crippen LogP contribution in [0.15, 0.2) is 22.7 Å². The molecule has 0 saturated carbocycles. The number of carbonyl (C=O) groups excluding carboxylic acids is 2. The van der Waals surface area contributed by atoms with Gasteiger partial charge in [-0.1, -0.05) is 0 Å². The van der Waals surface area contributed by atoms with Gasteiger partial charge in [-0.2, -0.15) is 0 Å². The van der Waals surface area contributed by atoms with Crippen molar-refractivity contribution in [1.29, 1.82) is 0 Å². The Morgan fingerprint density at radius 3 is 2.95 bits per heavy atom. The van der Waals surface area contributed by atoms with Crippen LogP contribution < -0.4 is 10.6 Å². The Bertz CT molecular complexity index is 553. The van der Waals surface area contributed by atoms with Gasteiger partial charge in [0.15, 0.2) is 0 Å². The van der Waals surface area contributed by atoms with E-state index in [4.69, 9.17) is 0 Å². The average Bonchev–Trinajstić information content (AvgIpc) is 2.49. The van der Waals surface area contributed by atoms with Crippen molar-refractivity contribution in [3.8, 4) is 0 Å². The molecule has 1 aliphatic rings. The van der Waals surface area contributed by atoms with E-state index in [-0.39, 0.29) is 16.3 Å². The van der Waals surface area contributed by atoms with Crippen molar-refractivity contribution in [2.45, 2.75) is 13.0 Å². The van der Waals surface area contributed by atoms with Crippen molar-refractivity contribution in [2.75, 3.05) is 26.2 Å². The fraction of sp³-hybridized carbons (Fsp3) is 0.429. The molecule has 7 heteroatoms. The van der Waals surface area contributed by atoms with Gasteiger partial charge in [-0.05, 0) is 41.1 Å². The van der Waals surface area contributed by atoms with Crippen molar-refractivity contribution in [3.05, 3.63) is 34.1 Å². The van der Waals surface area contributed by atoms with Gasteiger partial charge in [-0.25, -0.2) is 4.39 Å². The minimum Gasteiger partial charge on any atom is -0.355 e. The molecule has 21 heavy (non-hydrogen) atoms. The van der Waals surface area contributed by atoms with Crippen LogP contribution in [0.4, 0.5) is 4.39 Å². The number of amides is 2. The topological polar surface area (TPSA) is 61.4 Å². The minimum absolute atomic E-state index is 0.181. The number of hydrogen-bond acceptors (Lipinski definition) is 3. The number of carbonyl (C=O) groups is 2. The first-order valence-corrected chi connectivity index (χ1v) is 7.58. The number of piperazine rings is 1. The smallest absolute Gasteiger partial charge is 0.254 e. The molecule has 1 aliphatic heterocycles. The standard InChI is InChI=1S/C14H17BrFN3O2/c1-2-18-13(20)12-8-17-5-6-19(12)14(21)9-3-4-11(16)10(15)7-9/h3-4,7,12,17H,2,5-6,8H2,1H3,(H,18,20). The second kappa shape index (κ2) is 7.00. The fourth-order valence-electron chi connectivity index (χ4n) is 2.27. The maximum absolute atomic E-state index is 13.3. The molecular formula is C14H17BrFN3O2. The number of halogens is 2. The molecule has 2 amide bonds. The van der Waals surface area contributed by atoms with Crippen LogP contribution in [0.1, 0.15) is 17.3 Å². The van der Waals surface area contributed by atoms with Gasteiger partial charge < -0.3 is 15.5 Å². The molecule has 5 nitrogen and oxygen atoms in total. The summed E-state index contributed by atoms with van der Waals surface area (Å²) in [7, 11) is 0. The first-order chi connectivity index (χ1) is 10.0. The van der Waals surface area contributed by atoms with Crippen LogP contribution in [0.3, 0.4) is 0 Å². The van der Waals surface area contributed by atoms with Gasteiger partial charge in [0.1, 0.15) is 11.9 Å². The highest BCUT2D eigenvalue weighted by Gasteiger charge is 2.32. The van der Waals surface area contributed by atoms with E-state index in [1.54, 1.807) is 0 Å². The van der Waals surface area contributed by atoms with E-state index in [2.05, 4.69) is 26.6 Å². The highest BCUT2D eigenvalue weighted by atomic mass is 79.9. The monoisotopic (exact) mass is 357 g/mol. The third kappa shape index (κ3) is 3.59. The number of nitrogens with one attached hydrogen (secondary N) is 2. The summed E-state index contributed by atoms with van der Waals surface area (Å²) in [6, 6.07) is 3.56. The van der Waals surface area contributed by atoms with Crippen molar-refractivity contribution in [1.82, 2.24) is 15.5 Å². The van der Waals surface area contributed by atoms with E-state index >= 15 is 0 Å². The van der Waals surface area contributed by atoms with Gasteiger partial charge in [0, 0.05) is 31.7 Å². The second-order valence-electron chi connectivity index (χ2n) is 4.74.